The number of imidazole rings is 1. The summed E-state index contributed by atoms with van der Waals surface area (Å²) in [6.07, 6.45) is 1.73. The van der Waals surface area contributed by atoms with Crippen LogP contribution < -0.4 is 10.6 Å². The van der Waals surface area contributed by atoms with Crippen LogP contribution in [0, 0.1) is 13.8 Å². The SMILES string of the molecule is Cc1cccc(NC(=O)c2nc(C(=O)NCc3ccccc3)n3ccccc23)c1C. The maximum absolute atomic E-state index is 13.0. The van der Waals surface area contributed by atoms with E-state index in [4.69, 9.17) is 0 Å². The van der Waals surface area contributed by atoms with Crippen molar-refractivity contribution in [3.8, 4) is 0 Å². The highest BCUT2D eigenvalue weighted by molar-refractivity contribution is 6.09. The average Bonchev–Trinajstić information content (AvgIpc) is 3.16. The molecule has 4 aromatic rings. The van der Waals surface area contributed by atoms with Gasteiger partial charge in [-0.05, 0) is 48.7 Å². The molecule has 2 heterocycles. The van der Waals surface area contributed by atoms with Crippen molar-refractivity contribution >= 4 is 23.0 Å². The molecule has 2 N–H and O–H groups in total. The maximum Gasteiger partial charge on any atom is 0.287 e. The normalized spacial score (nSPS) is 10.7. The highest BCUT2D eigenvalue weighted by Gasteiger charge is 2.21. The molecule has 2 aromatic heterocycles. The zero-order valence-corrected chi connectivity index (χ0v) is 16.8. The van der Waals surface area contributed by atoms with Crippen LogP contribution >= 0.6 is 0 Å². The smallest absolute Gasteiger partial charge is 0.287 e. The minimum atomic E-state index is -0.352. The van der Waals surface area contributed by atoms with E-state index in [0.29, 0.717) is 12.1 Å². The van der Waals surface area contributed by atoms with Crippen molar-refractivity contribution in [3.63, 3.8) is 0 Å². The molecule has 2 aromatic carbocycles. The van der Waals surface area contributed by atoms with Gasteiger partial charge in [0.15, 0.2) is 5.69 Å². The van der Waals surface area contributed by atoms with Gasteiger partial charge in [0.05, 0.1) is 5.52 Å². The molecule has 0 saturated carbocycles. The Labute approximate surface area is 174 Å². The van der Waals surface area contributed by atoms with Crippen molar-refractivity contribution in [3.05, 3.63) is 101 Å². The molecule has 0 aliphatic rings. The molecule has 0 spiro atoms. The number of carbonyl (C=O) groups excluding carboxylic acids is 2. The molecular weight excluding hydrogens is 376 g/mol. The van der Waals surface area contributed by atoms with Crippen LogP contribution in [-0.4, -0.2) is 21.2 Å². The third-order valence-corrected chi connectivity index (χ3v) is 5.12. The van der Waals surface area contributed by atoms with E-state index in [1.807, 2.05) is 68.4 Å². The van der Waals surface area contributed by atoms with E-state index in [1.54, 1.807) is 22.7 Å². The zero-order valence-electron chi connectivity index (χ0n) is 16.8. The van der Waals surface area contributed by atoms with E-state index < -0.39 is 0 Å². The van der Waals surface area contributed by atoms with E-state index in [2.05, 4.69) is 15.6 Å². The van der Waals surface area contributed by atoms with E-state index >= 15 is 0 Å². The summed E-state index contributed by atoms with van der Waals surface area (Å²) in [6.45, 7) is 4.33. The summed E-state index contributed by atoms with van der Waals surface area (Å²) in [7, 11) is 0. The molecular formula is C24H22N4O2. The number of nitrogens with zero attached hydrogens (tertiary/aromatic N) is 2. The Morgan fingerprint density at radius 3 is 2.47 bits per heavy atom. The molecule has 0 radical (unpaired) electrons. The largest absolute Gasteiger partial charge is 0.345 e. The van der Waals surface area contributed by atoms with Gasteiger partial charge in [0.25, 0.3) is 11.8 Å². The summed E-state index contributed by atoms with van der Waals surface area (Å²) in [4.78, 5) is 30.2. The number of pyridine rings is 1. The molecule has 0 saturated heterocycles. The molecule has 30 heavy (non-hydrogen) atoms. The van der Waals surface area contributed by atoms with Crippen molar-refractivity contribution < 1.29 is 9.59 Å². The number of carbonyl (C=O) groups is 2. The van der Waals surface area contributed by atoms with Crippen LogP contribution in [0.1, 0.15) is 37.8 Å². The van der Waals surface area contributed by atoms with Gasteiger partial charge in [-0.2, -0.15) is 0 Å². The number of aromatic nitrogens is 2. The van der Waals surface area contributed by atoms with Gasteiger partial charge in [-0.3, -0.25) is 14.0 Å². The highest BCUT2D eigenvalue weighted by atomic mass is 16.2. The van der Waals surface area contributed by atoms with Crippen molar-refractivity contribution in [1.82, 2.24) is 14.7 Å². The molecule has 0 unspecified atom stereocenters. The van der Waals surface area contributed by atoms with Crippen LogP contribution in [0.15, 0.2) is 72.9 Å². The van der Waals surface area contributed by atoms with Gasteiger partial charge in [-0.1, -0.05) is 48.5 Å². The lowest BCUT2D eigenvalue weighted by atomic mass is 10.1. The Morgan fingerprint density at radius 1 is 0.900 bits per heavy atom. The number of nitrogens with one attached hydrogen (secondary N) is 2. The Kier molecular flexibility index (Phi) is 5.30. The minimum Gasteiger partial charge on any atom is -0.345 e. The van der Waals surface area contributed by atoms with Crippen LogP contribution in [0.5, 0.6) is 0 Å². The molecule has 0 aliphatic heterocycles. The summed E-state index contributed by atoms with van der Waals surface area (Å²) >= 11 is 0. The maximum atomic E-state index is 13.0. The first-order chi connectivity index (χ1) is 14.5. The van der Waals surface area contributed by atoms with Crippen LogP contribution in [0.25, 0.3) is 5.52 Å². The number of fused-ring (bicyclic) bond motifs is 1. The third kappa shape index (κ3) is 3.80. The summed E-state index contributed by atoms with van der Waals surface area (Å²) in [5.41, 5.74) is 4.58. The number of benzene rings is 2. The summed E-state index contributed by atoms with van der Waals surface area (Å²) in [5, 5.41) is 5.80. The Hall–Kier alpha value is -3.93. The molecule has 0 atom stereocenters. The molecule has 2 amide bonds. The molecule has 0 bridgehead atoms. The number of rotatable bonds is 5. The first-order valence-electron chi connectivity index (χ1n) is 9.71. The lowest BCUT2D eigenvalue weighted by Gasteiger charge is -2.09. The van der Waals surface area contributed by atoms with E-state index in [-0.39, 0.29) is 23.3 Å². The van der Waals surface area contributed by atoms with Gasteiger partial charge in [-0.25, -0.2) is 4.98 Å². The van der Waals surface area contributed by atoms with Gasteiger partial charge in [-0.15, -0.1) is 0 Å². The first-order valence-corrected chi connectivity index (χ1v) is 9.71. The lowest BCUT2D eigenvalue weighted by molar-refractivity contribution is 0.0940. The Balaban J connectivity index is 1.62. The second kappa shape index (κ2) is 8.21. The fourth-order valence-electron chi connectivity index (χ4n) is 3.29. The van der Waals surface area contributed by atoms with E-state index in [9.17, 15) is 9.59 Å². The topological polar surface area (TPSA) is 75.5 Å². The van der Waals surface area contributed by atoms with Gasteiger partial charge >= 0.3 is 0 Å². The lowest BCUT2D eigenvalue weighted by Crippen LogP contribution is -2.25. The molecule has 6 heteroatoms. The third-order valence-electron chi connectivity index (χ3n) is 5.12. The van der Waals surface area contributed by atoms with Gasteiger partial charge in [0, 0.05) is 18.4 Å². The van der Waals surface area contributed by atoms with Crippen molar-refractivity contribution in [2.45, 2.75) is 20.4 Å². The van der Waals surface area contributed by atoms with Crippen LogP contribution in [0.2, 0.25) is 0 Å². The highest BCUT2D eigenvalue weighted by Crippen LogP contribution is 2.20. The van der Waals surface area contributed by atoms with Crippen LogP contribution in [0.4, 0.5) is 5.69 Å². The number of amides is 2. The molecule has 0 aliphatic carbocycles. The number of anilines is 1. The van der Waals surface area contributed by atoms with E-state index in [1.165, 1.54) is 0 Å². The average molecular weight is 398 g/mol. The van der Waals surface area contributed by atoms with Gasteiger partial charge < -0.3 is 10.6 Å². The molecule has 150 valence electrons. The van der Waals surface area contributed by atoms with Crippen molar-refractivity contribution in [2.24, 2.45) is 0 Å². The number of hydrogen-bond donors (Lipinski definition) is 2. The predicted molar refractivity (Wildman–Crippen MR) is 117 cm³/mol. The Bertz CT molecular complexity index is 1230. The van der Waals surface area contributed by atoms with Crippen molar-refractivity contribution in [1.29, 1.82) is 0 Å². The summed E-state index contributed by atoms with van der Waals surface area (Å²) in [6, 6.07) is 20.8. The van der Waals surface area contributed by atoms with Crippen LogP contribution in [0.3, 0.4) is 0 Å². The zero-order chi connectivity index (χ0) is 21.1. The summed E-state index contributed by atoms with van der Waals surface area (Å²) < 4.78 is 1.64. The molecule has 4 rings (SSSR count). The standard InChI is InChI=1S/C24H22N4O2/c1-16-9-8-12-19(17(16)2)26-23(29)21-20-13-6-7-14-28(20)22(27-21)24(30)25-15-18-10-4-3-5-11-18/h3-14H,15H2,1-2H3,(H,25,30)(H,26,29). The molecule has 0 fully saturated rings. The quantitative estimate of drug-likeness (QED) is 0.531. The second-order valence-electron chi connectivity index (χ2n) is 7.11. The second-order valence-corrected chi connectivity index (χ2v) is 7.11. The number of hydrogen-bond acceptors (Lipinski definition) is 3. The van der Waals surface area contributed by atoms with Gasteiger partial charge in [0.1, 0.15) is 0 Å². The first kappa shape index (κ1) is 19.4. The Morgan fingerprint density at radius 2 is 1.67 bits per heavy atom. The van der Waals surface area contributed by atoms with Gasteiger partial charge in [0.2, 0.25) is 5.82 Å². The number of aryl methyl sites for hydroxylation is 1. The predicted octanol–water partition coefficient (Wildman–Crippen LogP) is 4.13. The molecule has 6 nitrogen and oxygen atoms in total. The van der Waals surface area contributed by atoms with E-state index in [0.717, 1.165) is 22.4 Å². The van der Waals surface area contributed by atoms with Crippen LogP contribution in [-0.2, 0) is 6.54 Å². The fourth-order valence-corrected chi connectivity index (χ4v) is 3.29. The minimum absolute atomic E-state index is 0.174. The fraction of sp³-hybridized carbons (Fsp3) is 0.125. The summed E-state index contributed by atoms with van der Waals surface area (Å²) in [5.74, 6) is -0.520. The monoisotopic (exact) mass is 398 g/mol. The van der Waals surface area contributed by atoms with Crippen molar-refractivity contribution in [2.75, 3.05) is 5.32 Å².